The Kier molecular flexibility index (Phi) is 5.14. The van der Waals surface area contributed by atoms with Gasteiger partial charge in [0.15, 0.2) is 0 Å². The second kappa shape index (κ2) is 7.63. The van der Waals surface area contributed by atoms with Crippen molar-refractivity contribution < 1.29 is 22.4 Å². The summed E-state index contributed by atoms with van der Waals surface area (Å²) >= 11 is 1.12. The van der Waals surface area contributed by atoms with E-state index < -0.39 is 34.8 Å². The van der Waals surface area contributed by atoms with Crippen molar-refractivity contribution in [2.75, 3.05) is 10.7 Å². The Labute approximate surface area is 172 Å². The third-order valence-electron chi connectivity index (χ3n) is 4.54. The molecule has 3 aromatic rings. The van der Waals surface area contributed by atoms with Gasteiger partial charge >= 0.3 is 6.18 Å². The average molecular weight is 437 g/mol. The van der Waals surface area contributed by atoms with Gasteiger partial charge in [-0.1, -0.05) is 30.0 Å². The Balaban J connectivity index is 1.64. The van der Waals surface area contributed by atoms with Gasteiger partial charge in [-0.05, 0) is 42.8 Å². The number of alkyl halides is 3. The van der Waals surface area contributed by atoms with Gasteiger partial charge in [0.05, 0.1) is 11.6 Å². The van der Waals surface area contributed by atoms with Crippen molar-refractivity contribution in [2.45, 2.75) is 29.5 Å². The summed E-state index contributed by atoms with van der Waals surface area (Å²) in [4.78, 5) is 13.0. The number of halogens is 4. The summed E-state index contributed by atoms with van der Waals surface area (Å²) in [6, 6.07) is 9.46. The number of thioether (sulfide) groups is 1. The van der Waals surface area contributed by atoms with Gasteiger partial charge in [-0.25, -0.2) is 9.07 Å². The average Bonchev–Trinajstić information content (AvgIpc) is 3.07. The Morgan fingerprint density at radius 1 is 1.17 bits per heavy atom. The van der Waals surface area contributed by atoms with Crippen LogP contribution in [0.5, 0.6) is 0 Å². The number of aryl methyl sites for hydroxylation is 1. The minimum Gasteiger partial charge on any atom is -0.325 e. The van der Waals surface area contributed by atoms with E-state index in [4.69, 9.17) is 0 Å². The van der Waals surface area contributed by atoms with Crippen molar-refractivity contribution >= 4 is 23.4 Å². The number of carbonyl (C=O) groups excluding carboxylic acids is 1. The third-order valence-corrected chi connectivity index (χ3v) is 5.76. The fraction of sp³-hybridized carbons (Fsp3) is 0.211. The van der Waals surface area contributed by atoms with Crippen LogP contribution in [0.15, 0.2) is 53.7 Å². The molecule has 2 heterocycles. The zero-order valence-electron chi connectivity index (χ0n) is 15.4. The predicted octanol–water partition coefficient (Wildman–Crippen LogP) is 4.14. The van der Waals surface area contributed by atoms with Gasteiger partial charge in [0.25, 0.3) is 0 Å². The quantitative estimate of drug-likeness (QED) is 0.603. The maximum Gasteiger partial charge on any atom is 0.416 e. The predicted molar refractivity (Wildman–Crippen MR) is 103 cm³/mol. The van der Waals surface area contributed by atoms with Gasteiger partial charge in [0.2, 0.25) is 11.1 Å². The first-order chi connectivity index (χ1) is 14.2. The van der Waals surface area contributed by atoms with Crippen LogP contribution in [0, 0.1) is 12.7 Å². The van der Waals surface area contributed by atoms with Crippen LogP contribution in [-0.4, -0.2) is 26.0 Å². The molecular weight excluding hydrogens is 422 g/mol. The molecule has 2 N–H and O–H groups in total. The number of fused-ring (bicyclic) bond motifs is 1. The van der Waals surface area contributed by atoms with Crippen molar-refractivity contribution in [3.8, 4) is 0 Å². The SMILES string of the molecule is Cc1nnc2n1NC(c1ccc(F)cc1)C(C(=O)Nc1cccc(C(F)(F)F)c1)S2. The molecule has 0 saturated carbocycles. The molecule has 30 heavy (non-hydrogen) atoms. The number of hydrogen-bond donors (Lipinski definition) is 2. The highest BCUT2D eigenvalue weighted by Crippen LogP contribution is 2.38. The van der Waals surface area contributed by atoms with Crippen LogP contribution in [0.4, 0.5) is 23.2 Å². The van der Waals surface area contributed by atoms with Crippen LogP contribution >= 0.6 is 11.8 Å². The number of carbonyl (C=O) groups is 1. The van der Waals surface area contributed by atoms with Crippen LogP contribution < -0.4 is 10.7 Å². The maximum absolute atomic E-state index is 13.4. The normalized spacial score (nSPS) is 18.4. The van der Waals surface area contributed by atoms with Crippen molar-refractivity contribution in [2.24, 2.45) is 0 Å². The van der Waals surface area contributed by atoms with Crippen molar-refractivity contribution in [1.29, 1.82) is 0 Å². The summed E-state index contributed by atoms with van der Waals surface area (Å²) in [6.07, 6.45) is -4.52. The molecule has 0 bridgehead atoms. The lowest BCUT2D eigenvalue weighted by molar-refractivity contribution is -0.137. The molecule has 0 radical (unpaired) electrons. The smallest absolute Gasteiger partial charge is 0.325 e. The summed E-state index contributed by atoms with van der Waals surface area (Å²) in [5.41, 5.74) is 2.94. The number of nitrogens with one attached hydrogen (secondary N) is 2. The number of anilines is 1. The summed E-state index contributed by atoms with van der Waals surface area (Å²) in [5.74, 6) is -0.372. The molecule has 156 valence electrons. The van der Waals surface area contributed by atoms with E-state index in [1.807, 2.05) is 0 Å². The van der Waals surface area contributed by atoms with Gasteiger partial charge in [-0.2, -0.15) is 13.2 Å². The molecule has 2 unspecified atom stereocenters. The topological polar surface area (TPSA) is 71.8 Å². The monoisotopic (exact) mass is 437 g/mol. The standard InChI is InChI=1S/C19H15F4N5OS/c1-10-25-26-18-28(10)27-15(11-5-7-13(20)8-6-11)16(30-18)17(29)24-14-4-2-3-12(9-14)19(21,22)23/h2-9,15-16,27H,1H3,(H,24,29). The Morgan fingerprint density at radius 3 is 2.60 bits per heavy atom. The second-order valence-electron chi connectivity index (χ2n) is 6.63. The number of rotatable bonds is 3. The molecule has 0 fully saturated rings. The fourth-order valence-electron chi connectivity index (χ4n) is 3.07. The van der Waals surface area contributed by atoms with E-state index in [1.54, 1.807) is 23.7 Å². The molecule has 2 aromatic carbocycles. The lowest BCUT2D eigenvalue weighted by atomic mass is 10.0. The lowest BCUT2D eigenvalue weighted by Gasteiger charge is -2.32. The van der Waals surface area contributed by atoms with Crippen LogP contribution in [0.25, 0.3) is 0 Å². The van der Waals surface area contributed by atoms with E-state index in [-0.39, 0.29) is 5.69 Å². The molecule has 11 heteroatoms. The minimum absolute atomic E-state index is 0.0245. The fourth-order valence-corrected chi connectivity index (χ4v) is 4.19. The number of hydrogen-bond acceptors (Lipinski definition) is 5. The minimum atomic E-state index is -4.52. The molecule has 0 aliphatic carbocycles. The highest BCUT2D eigenvalue weighted by atomic mass is 32.2. The zero-order valence-corrected chi connectivity index (χ0v) is 16.3. The Hall–Kier alpha value is -3.08. The molecule has 6 nitrogen and oxygen atoms in total. The van der Waals surface area contributed by atoms with Gasteiger partial charge in [-0.15, -0.1) is 10.2 Å². The molecule has 2 atom stereocenters. The Bertz CT molecular complexity index is 1080. The number of nitrogens with zero attached hydrogens (tertiary/aromatic N) is 3. The molecule has 1 aliphatic rings. The number of aromatic nitrogens is 3. The third kappa shape index (κ3) is 3.97. The molecular formula is C19H15F4N5OS. The molecule has 1 amide bonds. The number of amides is 1. The van der Waals surface area contributed by atoms with Crippen LogP contribution in [0.2, 0.25) is 0 Å². The van der Waals surface area contributed by atoms with E-state index in [0.717, 1.165) is 23.9 Å². The van der Waals surface area contributed by atoms with Gasteiger partial charge < -0.3 is 10.7 Å². The van der Waals surface area contributed by atoms with E-state index >= 15 is 0 Å². The zero-order chi connectivity index (χ0) is 21.5. The Morgan fingerprint density at radius 2 is 1.90 bits per heavy atom. The van der Waals surface area contributed by atoms with Crippen molar-refractivity contribution in [3.05, 3.63) is 71.3 Å². The molecule has 1 aliphatic heterocycles. The van der Waals surface area contributed by atoms with E-state index in [0.29, 0.717) is 16.5 Å². The molecule has 1 aromatic heterocycles. The van der Waals surface area contributed by atoms with Gasteiger partial charge in [-0.3, -0.25) is 4.79 Å². The van der Waals surface area contributed by atoms with Crippen molar-refractivity contribution in [3.63, 3.8) is 0 Å². The molecule has 4 rings (SSSR count). The van der Waals surface area contributed by atoms with Gasteiger partial charge in [0, 0.05) is 5.69 Å². The summed E-state index contributed by atoms with van der Waals surface area (Å²) in [6.45, 7) is 1.73. The maximum atomic E-state index is 13.4. The summed E-state index contributed by atoms with van der Waals surface area (Å²) < 4.78 is 53.9. The van der Waals surface area contributed by atoms with Crippen LogP contribution in [0.3, 0.4) is 0 Å². The number of benzene rings is 2. The largest absolute Gasteiger partial charge is 0.416 e. The molecule has 0 saturated heterocycles. The van der Waals surface area contributed by atoms with Crippen LogP contribution in [0.1, 0.15) is 23.0 Å². The van der Waals surface area contributed by atoms with Crippen LogP contribution in [-0.2, 0) is 11.0 Å². The summed E-state index contributed by atoms with van der Waals surface area (Å²) in [7, 11) is 0. The van der Waals surface area contributed by atoms with Gasteiger partial charge in [0.1, 0.15) is 16.9 Å². The van der Waals surface area contributed by atoms with E-state index in [2.05, 4.69) is 20.9 Å². The second-order valence-corrected chi connectivity index (χ2v) is 7.74. The lowest BCUT2D eigenvalue weighted by Crippen LogP contribution is -2.41. The highest BCUT2D eigenvalue weighted by Gasteiger charge is 2.38. The first-order valence-corrected chi connectivity index (χ1v) is 9.69. The van der Waals surface area contributed by atoms with Crippen molar-refractivity contribution in [1.82, 2.24) is 14.9 Å². The van der Waals surface area contributed by atoms with E-state index in [9.17, 15) is 22.4 Å². The first-order valence-electron chi connectivity index (χ1n) is 8.81. The van der Waals surface area contributed by atoms with E-state index in [1.165, 1.54) is 24.3 Å². The highest BCUT2D eigenvalue weighted by molar-refractivity contribution is 8.00. The first kappa shape index (κ1) is 20.2. The molecule has 0 spiro atoms. The summed E-state index contributed by atoms with van der Waals surface area (Å²) in [5, 5.41) is 10.2.